The third-order valence-corrected chi connectivity index (χ3v) is 4.65. The first-order valence-electron chi connectivity index (χ1n) is 8.95. The average Bonchev–Trinajstić information content (AvgIpc) is 2.72. The lowest BCUT2D eigenvalue weighted by Gasteiger charge is -2.19. The minimum absolute atomic E-state index is 0.106. The van der Waals surface area contributed by atoms with E-state index in [-0.39, 0.29) is 11.8 Å². The largest absolute Gasteiger partial charge is 0.497 e. The van der Waals surface area contributed by atoms with Gasteiger partial charge >= 0.3 is 0 Å². The van der Waals surface area contributed by atoms with Crippen LogP contribution in [0.5, 0.6) is 5.75 Å². The van der Waals surface area contributed by atoms with Gasteiger partial charge in [0.2, 0.25) is 0 Å². The van der Waals surface area contributed by atoms with Gasteiger partial charge in [-0.3, -0.25) is 14.6 Å². The summed E-state index contributed by atoms with van der Waals surface area (Å²) in [5.41, 5.74) is 3.59. The van der Waals surface area contributed by atoms with Crippen molar-refractivity contribution in [1.82, 2.24) is 15.2 Å². The van der Waals surface area contributed by atoms with Crippen molar-refractivity contribution in [2.45, 2.75) is 13.5 Å². The summed E-state index contributed by atoms with van der Waals surface area (Å²) in [6.07, 6.45) is 0. The van der Waals surface area contributed by atoms with Crippen molar-refractivity contribution in [3.8, 4) is 5.75 Å². The van der Waals surface area contributed by atoms with Crippen molar-refractivity contribution < 1.29 is 14.3 Å². The fourth-order valence-electron chi connectivity index (χ4n) is 3.05. The Labute approximate surface area is 164 Å². The van der Waals surface area contributed by atoms with E-state index in [9.17, 15) is 9.59 Å². The Bertz CT molecular complexity index is 1030. The molecule has 0 aliphatic heterocycles. The molecule has 1 N–H and O–H groups in total. The van der Waals surface area contributed by atoms with Crippen molar-refractivity contribution >= 4 is 22.7 Å². The molecule has 0 saturated carbocycles. The number of nitrogens with zero attached hydrogens (tertiary/aromatic N) is 2. The van der Waals surface area contributed by atoms with Gasteiger partial charge in [-0.25, -0.2) is 0 Å². The number of hydrogen-bond acceptors (Lipinski definition) is 4. The molecular formula is C22H23N3O3. The van der Waals surface area contributed by atoms with E-state index < -0.39 is 0 Å². The summed E-state index contributed by atoms with van der Waals surface area (Å²) in [7, 11) is 4.96. The molecule has 0 saturated heterocycles. The lowest BCUT2D eigenvalue weighted by Crippen LogP contribution is -2.27. The van der Waals surface area contributed by atoms with Crippen molar-refractivity contribution in [2.75, 3.05) is 21.2 Å². The molecule has 6 heteroatoms. The smallest absolute Gasteiger partial charge is 0.255 e. The fourth-order valence-corrected chi connectivity index (χ4v) is 3.05. The highest BCUT2D eigenvalue weighted by molar-refractivity contribution is 5.98. The van der Waals surface area contributed by atoms with Gasteiger partial charge in [-0.15, -0.1) is 0 Å². The number of rotatable bonds is 5. The molecule has 1 heterocycles. The van der Waals surface area contributed by atoms with Gasteiger partial charge < -0.3 is 15.0 Å². The molecule has 1 aromatic heterocycles. The Kier molecular flexibility index (Phi) is 5.59. The molecule has 0 radical (unpaired) electrons. The third kappa shape index (κ3) is 3.96. The molecule has 0 spiro atoms. The zero-order chi connectivity index (χ0) is 20.3. The monoisotopic (exact) mass is 377 g/mol. The topological polar surface area (TPSA) is 71.5 Å². The van der Waals surface area contributed by atoms with Crippen LogP contribution < -0.4 is 10.1 Å². The van der Waals surface area contributed by atoms with Crippen LogP contribution in [0.2, 0.25) is 0 Å². The van der Waals surface area contributed by atoms with Crippen LogP contribution >= 0.6 is 0 Å². The Hall–Kier alpha value is -3.41. The zero-order valence-corrected chi connectivity index (χ0v) is 16.4. The molecule has 6 nitrogen and oxygen atoms in total. The maximum Gasteiger partial charge on any atom is 0.255 e. The van der Waals surface area contributed by atoms with Gasteiger partial charge in [0.1, 0.15) is 5.75 Å². The highest BCUT2D eigenvalue weighted by Crippen LogP contribution is 2.23. The number of methoxy groups -OCH3 is 1. The summed E-state index contributed by atoms with van der Waals surface area (Å²) in [5, 5.41) is 3.45. The molecule has 0 atom stereocenters. The molecule has 0 aliphatic rings. The van der Waals surface area contributed by atoms with E-state index in [0.29, 0.717) is 23.4 Å². The molecule has 3 rings (SSSR count). The first-order valence-corrected chi connectivity index (χ1v) is 8.95. The maximum absolute atomic E-state index is 13.0. The van der Waals surface area contributed by atoms with Gasteiger partial charge in [0.15, 0.2) is 0 Å². The van der Waals surface area contributed by atoms with Crippen molar-refractivity contribution in [1.29, 1.82) is 0 Å². The second kappa shape index (κ2) is 8.08. The Morgan fingerprint density at radius 2 is 1.82 bits per heavy atom. The summed E-state index contributed by atoms with van der Waals surface area (Å²) in [6, 6.07) is 14.7. The van der Waals surface area contributed by atoms with Crippen LogP contribution in [0, 0.1) is 6.92 Å². The van der Waals surface area contributed by atoms with E-state index in [1.165, 1.54) is 0 Å². The molecule has 0 aliphatic carbocycles. The first kappa shape index (κ1) is 19.4. The summed E-state index contributed by atoms with van der Waals surface area (Å²) in [5.74, 6) is 0.482. The number of benzene rings is 2. The fraction of sp³-hybridized carbons (Fsp3) is 0.227. The van der Waals surface area contributed by atoms with Gasteiger partial charge in [0.25, 0.3) is 11.8 Å². The van der Waals surface area contributed by atoms with E-state index in [4.69, 9.17) is 4.74 Å². The van der Waals surface area contributed by atoms with Gasteiger partial charge in [0.05, 0.1) is 23.9 Å². The number of fused-ring (bicyclic) bond motifs is 1. The molecule has 28 heavy (non-hydrogen) atoms. The Morgan fingerprint density at radius 1 is 1.11 bits per heavy atom. The van der Waals surface area contributed by atoms with Crippen LogP contribution in [-0.2, 0) is 6.54 Å². The van der Waals surface area contributed by atoms with Crippen LogP contribution in [0.1, 0.15) is 32.0 Å². The number of carbonyl (C=O) groups excluding carboxylic acids is 2. The van der Waals surface area contributed by atoms with E-state index >= 15 is 0 Å². The molecule has 3 aromatic rings. The Balaban J connectivity index is 1.82. The number of carbonyl (C=O) groups is 2. The Morgan fingerprint density at radius 3 is 2.46 bits per heavy atom. The number of aryl methyl sites for hydroxylation is 1. The highest BCUT2D eigenvalue weighted by Gasteiger charge is 2.17. The van der Waals surface area contributed by atoms with E-state index in [0.717, 1.165) is 22.2 Å². The van der Waals surface area contributed by atoms with Crippen LogP contribution in [-0.4, -0.2) is 42.9 Å². The van der Waals surface area contributed by atoms with Crippen LogP contribution in [0.25, 0.3) is 10.9 Å². The number of hydrogen-bond donors (Lipinski definition) is 1. The van der Waals surface area contributed by atoms with E-state index in [2.05, 4.69) is 10.3 Å². The average molecular weight is 377 g/mol. The number of pyridine rings is 1. The normalized spacial score (nSPS) is 10.6. The summed E-state index contributed by atoms with van der Waals surface area (Å²) in [6.45, 7) is 2.27. The molecule has 144 valence electrons. The predicted molar refractivity (Wildman–Crippen MR) is 109 cm³/mol. The van der Waals surface area contributed by atoms with Gasteiger partial charge in [0, 0.05) is 31.6 Å². The van der Waals surface area contributed by atoms with Crippen LogP contribution in [0.3, 0.4) is 0 Å². The summed E-state index contributed by atoms with van der Waals surface area (Å²) in [4.78, 5) is 30.8. The molecule has 0 unspecified atom stereocenters. The maximum atomic E-state index is 13.0. The standard InChI is InChI=1S/C22H23N3O3/c1-14-19(12-17-11-18(28-4)9-10-20(17)24-14)22(27)25(3)13-15-5-7-16(8-6-15)21(26)23-2/h5-12H,13H2,1-4H3,(H,23,26). The molecule has 2 amide bonds. The summed E-state index contributed by atoms with van der Waals surface area (Å²) < 4.78 is 5.26. The lowest BCUT2D eigenvalue weighted by molar-refractivity contribution is 0.0783. The van der Waals surface area contributed by atoms with Gasteiger partial charge in [-0.05, 0) is 48.9 Å². The SMILES string of the molecule is CNC(=O)c1ccc(CN(C)C(=O)c2cc3cc(OC)ccc3nc2C)cc1. The molecule has 2 aromatic carbocycles. The summed E-state index contributed by atoms with van der Waals surface area (Å²) >= 11 is 0. The quantitative estimate of drug-likeness (QED) is 0.741. The number of nitrogens with one attached hydrogen (secondary N) is 1. The first-order chi connectivity index (χ1) is 13.4. The second-order valence-electron chi connectivity index (χ2n) is 6.62. The van der Waals surface area contributed by atoms with Crippen molar-refractivity contribution in [3.05, 3.63) is 70.9 Å². The number of ether oxygens (including phenoxy) is 1. The van der Waals surface area contributed by atoms with Crippen molar-refractivity contribution in [3.63, 3.8) is 0 Å². The minimum atomic E-state index is -0.135. The lowest BCUT2D eigenvalue weighted by atomic mass is 10.1. The zero-order valence-electron chi connectivity index (χ0n) is 16.4. The number of amides is 2. The molecule has 0 fully saturated rings. The van der Waals surface area contributed by atoms with Gasteiger partial charge in [-0.1, -0.05) is 12.1 Å². The third-order valence-electron chi connectivity index (χ3n) is 4.65. The molecule has 0 bridgehead atoms. The predicted octanol–water partition coefficient (Wildman–Crippen LogP) is 3.18. The van der Waals surface area contributed by atoms with Crippen molar-refractivity contribution in [2.24, 2.45) is 0 Å². The van der Waals surface area contributed by atoms with Crippen LogP contribution in [0.15, 0.2) is 48.5 Å². The highest BCUT2D eigenvalue weighted by atomic mass is 16.5. The van der Waals surface area contributed by atoms with E-state index in [1.807, 2.05) is 43.3 Å². The van der Waals surface area contributed by atoms with Gasteiger partial charge in [-0.2, -0.15) is 0 Å². The second-order valence-corrected chi connectivity index (χ2v) is 6.62. The minimum Gasteiger partial charge on any atom is -0.497 e. The molecular weight excluding hydrogens is 354 g/mol. The van der Waals surface area contributed by atoms with E-state index in [1.54, 1.807) is 38.2 Å². The number of aromatic nitrogens is 1. The van der Waals surface area contributed by atoms with Crippen LogP contribution in [0.4, 0.5) is 0 Å².